The van der Waals surface area contributed by atoms with Crippen molar-refractivity contribution in [1.82, 2.24) is 10.5 Å². The van der Waals surface area contributed by atoms with Crippen LogP contribution >= 0.6 is 0 Å². The zero-order valence-electron chi connectivity index (χ0n) is 21.6. The van der Waals surface area contributed by atoms with Crippen molar-refractivity contribution in [3.05, 3.63) is 102 Å². The highest BCUT2D eigenvalue weighted by molar-refractivity contribution is 6.45. The van der Waals surface area contributed by atoms with E-state index in [2.05, 4.69) is 10.6 Å². The molecule has 11 heteroatoms. The molecule has 0 atom stereocenters. The number of carbonyl (C=O) groups is 3. The van der Waals surface area contributed by atoms with Crippen LogP contribution in [0.5, 0.6) is 5.75 Å². The molecule has 2 aliphatic heterocycles. The molecule has 0 bridgehead atoms. The van der Waals surface area contributed by atoms with Gasteiger partial charge in [0.05, 0.1) is 12.8 Å². The molecule has 10 nitrogen and oxygen atoms in total. The van der Waals surface area contributed by atoms with Crippen molar-refractivity contribution in [2.45, 2.75) is 0 Å². The maximum atomic E-state index is 13.7. The number of hydrazine groups is 1. The van der Waals surface area contributed by atoms with E-state index in [0.717, 1.165) is 5.69 Å². The quantitative estimate of drug-likeness (QED) is 0.374. The highest BCUT2D eigenvalue weighted by Gasteiger charge is 2.32. The standard InChI is InChI=1S/C29H26FN5O5/c1-39-24-13-11-23(12-14-24)35-26(29(38)40-32-35)19-25(31-27(36)20-5-3-2-4-6-20)28(37)34-17-15-33(16-18-34)22-9-7-21(30)8-10-22/h2-14,19,32H,15-18H2,1H3/b26-19+,31-25?. The van der Waals surface area contributed by atoms with Gasteiger partial charge in [-0.05, 0) is 60.7 Å². The van der Waals surface area contributed by atoms with Crippen molar-refractivity contribution in [1.29, 1.82) is 0 Å². The third kappa shape index (κ3) is 5.84. The number of ether oxygens (including phenoxy) is 1. The molecular formula is C29H26FN5O5. The SMILES string of the molecule is COc1ccc(N2NOC(=O)/C2=C\C(=NC(=O)c2ccccc2)C(=O)N2CCN(c3ccc(F)cc3)CC2)cc1. The lowest BCUT2D eigenvalue weighted by Crippen LogP contribution is -2.50. The molecule has 3 aromatic rings. The lowest BCUT2D eigenvalue weighted by atomic mass is 10.1. The topological polar surface area (TPSA) is 104 Å². The normalized spacial score (nSPS) is 16.8. The molecule has 0 unspecified atom stereocenters. The van der Waals surface area contributed by atoms with Gasteiger partial charge in [0.25, 0.3) is 11.8 Å². The number of carbonyl (C=O) groups excluding carboxylic acids is 3. The minimum absolute atomic E-state index is 0.0249. The summed E-state index contributed by atoms with van der Waals surface area (Å²) in [6.07, 6.45) is 1.25. The molecule has 0 radical (unpaired) electrons. The number of hydrogen-bond donors (Lipinski definition) is 1. The highest BCUT2D eigenvalue weighted by atomic mass is 19.1. The van der Waals surface area contributed by atoms with Crippen LogP contribution in [0.1, 0.15) is 10.4 Å². The molecule has 0 saturated carbocycles. The van der Waals surface area contributed by atoms with E-state index in [1.807, 2.05) is 4.90 Å². The van der Waals surface area contributed by atoms with Gasteiger partial charge in [-0.15, -0.1) is 0 Å². The number of amides is 2. The first-order chi connectivity index (χ1) is 19.4. The van der Waals surface area contributed by atoms with Gasteiger partial charge in [-0.3, -0.25) is 9.59 Å². The second kappa shape index (κ2) is 11.8. The summed E-state index contributed by atoms with van der Waals surface area (Å²) < 4.78 is 18.5. The van der Waals surface area contributed by atoms with Gasteiger partial charge < -0.3 is 19.4 Å². The average Bonchev–Trinajstić information content (AvgIpc) is 3.36. The van der Waals surface area contributed by atoms with Gasteiger partial charge in [-0.2, -0.15) is 0 Å². The van der Waals surface area contributed by atoms with Gasteiger partial charge in [0, 0.05) is 43.5 Å². The van der Waals surface area contributed by atoms with Crippen molar-refractivity contribution in [2.75, 3.05) is 43.2 Å². The Morgan fingerprint density at radius 3 is 2.23 bits per heavy atom. The van der Waals surface area contributed by atoms with E-state index in [1.54, 1.807) is 78.7 Å². The minimum Gasteiger partial charge on any atom is -0.497 e. The number of methoxy groups -OCH3 is 1. The molecule has 2 aliphatic rings. The van der Waals surface area contributed by atoms with Crippen LogP contribution in [0.15, 0.2) is 95.6 Å². The van der Waals surface area contributed by atoms with E-state index in [-0.39, 0.29) is 17.2 Å². The Morgan fingerprint density at radius 1 is 0.925 bits per heavy atom. The molecule has 1 N–H and O–H groups in total. The predicted octanol–water partition coefficient (Wildman–Crippen LogP) is 3.13. The first-order valence-corrected chi connectivity index (χ1v) is 12.5. The van der Waals surface area contributed by atoms with Gasteiger partial charge in [0.2, 0.25) is 0 Å². The molecule has 0 aromatic heterocycles. The van der Waals surface area contributed by atoms with E-state index in [4.69, 9.17) is 9.57 Å². The lowest BCUT2D eigenvalue weighted by molar-refractivity contribution is -0.140. The summed E-state index contributed by atoms with van der Waals surface area (Å²) in [5, 5.41) is 1.35. The van der Waals surface area contributed by atoms with Crippen LogP contribution in [0, 0.1) is 5.82 Å². The second-order valence-corrected chi connectivity index (χ2v) is 8.97. The summed E-state index contributed by atoms with van der Waals surface area (Å²) in [5.41, 5.74) is 3.97. The predicted molar refractivity (Wildman–Crippen MR) is 146 cm³/mol. The average molecular weight is 544 g/mol. The van der Waals surface area contributed by atoms with E-state index in [0.29, 0.717) is 43.2 Å². The number of nitrogens with zero attached hydrogens (tertiary/aromatic N) is 4. The zero-order chi connectivity index (χ0) is 28.1. The monoisotopic (exact) mass is 543 g/mol. The summed E-state index contributed by atoms with van der Waals surface area (Å²) in [7, 11) is 1.54. The number of hydrogen-bond acceptors (Lipinski definition) is 8. The molecule has 204 valence electrons. The molecule has 2 amide bonds. The third-order valence-corrected chi connectivity index (χ3v) is 6.50. The largest absolute Gasteiger partial charge is 0.497 e. The maximum Gasteiger partial charge on any atom is 0.376 e. The van der Waals surface area contributed by atoms with Gasteiger partial charge in [0.15, 0.2) is 5.70 Å². The Morgan fingerprint density at radius 2 is 1.57 bits per heavy atom. The molecule has 2 saturated heterocycles. The number of benzene rings is 3. The fourth-order valence-electron chi connectivity index (χ4n) is 4.33. The van der Waals surface area contributed by atoms with Crippen LogP contribution in [-0.2, 0) is 14.4 Å². The third-order valence-electron chi connectivity index (χ3n) is 6.50. The summed E-state index contributed by atoms with van der Waals surface area (Å²) in [5.74, 6) is -1.58. The molecule has 0 aliphatic carbocycles. The van der Waals surface area contributed by atoms with Gasteiger partial charge in [-0.25, -0.2) is 19.2 Å². The summed E-state index contributed by atoms with van der Waals surface area (Å²) in [6.45, 7) is 1.66. The summed E-state index contributed by atoms with van der Waals surface area (Å²) in [6, 6.07) is 21.3. The van der Waals surface area contributed by atoms with Crippen molar-refractivity contribution in [2.24, 2.45) is 4.99 Å². The number of halogens is 1. The molecule has 40 heavy (non-hydrogen) atoms. The first-order valence-electron chi connectivity index (χ1n) is 12.5. The van der Waals surface area contributed by atoms with Crippen LogP contribution < -0.4 is 20.2 Å². The Bertz CT molecular complexity index is 1450. The van der Waals surface area contributed by atoms with Crippen molar-refractivity contribution < 1.29 is 28.3 Å². The van der Waals surface area contributed by atoms with Crippen LogP contribution in [0.4, 0.5) is 15.8 Å². The Kier molecular flexibility index (Phi) is 7.83. The molecule has 5 rings (SSSR count). The van der Waals surface area contributed by atoms with Crippen LogP contribution in [-0.4, -0.2) is 61.7 Å². The molecule has 2 heterocycles. The van der Waals surface area contributed by atoms with E-state index >= 15 is 0 Å². The second-order valence-electron chi connectivity index (χ2n) is 8.97. The number of anilines is 2. The Hall–Kier alpha value is -5.03. The van der Waals surface area contributed by atoms with Crippen molar-refractivity contribution in [3.63, 3.8) is 0 Å². The van der Waals surface area contributed by atoms with Crippen LogP contribution in [0.25, 0.3) is 0 Å². The number of aliphatic imine (C=N–C) groups is 1. The molecular weight excluding hydrogens is 517 g/mol. The zero-order valence-corrected chi connectivity index (χ0v) is 21.6. The Balaban J connectivity index is 1.43. The van der Waals surface area contributed by atoms with Crippen molar-refractivity contribution in [3.8, 4) is 5.75 Å². The highest BCUT2D eigenvalue weighted by Crippen LogP contribution is 2.25. The molecule has 0 spiro atoms. The number of piperazine rings is 1. The van der Waals surface area contributed by atoms with Gasteiger partial charge in [-0.1, -0.05) is 23.8 Å². The van der Waals surface area contributed by atoms with E-state index < -0.39 is 17.8 Å². The van der Waals surface area contributed by atoms with E-state index in [9.17, 15) is 18.8 Å². The number of nitrogens with one attached hydrogen (secondary N) is 1. The molecule has 2 fully saturated rings. The van der Waals surface area contributed by atoms with Crippen molar-refractivity contribution >= 4 is 34.9 Å². The summed E-state index contributed by atoms with van der Waals surface area (Å²) >= 11 is 0. The minimum atomic E-state index is -0.746. The van der Waals surface area contributed by atoms with Crippen LogP contribution in [0.3, 0.4) is 0 Å². The molecule has 3 aromatic carbocycles. The number of rotatable bonds is 6. The van der Waals surface area contributed by atoms with Crippen LogP contribution in [0.2, 0.25) is 0 Å². The lowest BCUT2D eigenvalue weighted by Gasteiger charge is -2.36. The summed E-state index contributed by atoms with van der Waals surface area (Å²) in [4.78, 5) is 52.1. The van der Waals surface area contributed by atoms with Gasteiger partial charge in [0.1, 0.15) is 17.3 Å². The van der Waals surface area contributed by atoms with Gasteiger partial charge >= 0.3 is 5.97 Å². The maximum absolute atomic E-state index is 13.7. The fraction of sp³-hybridized carbons (Fsp3) is 0.172. The fourth-order valence-corrected chi connectivity index (χ4v) is 4.33. The Labute approximate surface area is 229 Å². The smallest absolute Gasteiger partial charge is 0.376 e. The van der Waals surface area contributed by atoms with E-state index in [1.165, 1.54) is 23.2 Å². The first kappa shape index (κ1) is 26.6.